The number of nitrogens with one attached hydrogen (secondary N) is 1. The Hall–Kier alpha value is -1.14. The second-order valence-electron chi connectivity index (χ2n) is 17.2. The molecule has 0 aromatic carbocycles. The van der Waals surface area contributed by atoms with Crippen molar-refractivity contribution in [3.63, 3.8) is 0 Å². The minimum atomic E-state index is -0.672. The zero-order valence-corrected chi connectivity index (χ0v) is 37.2. The lowest BCUT2D eigenvalue weighted by atomic mass is 10.0. The largest absolute Gasteiger partial charge is 0.466 e. The number of aliphatic hydroxyl groups excluding tert-OH is 2. The topological polar surface area (TPSA) is 95.9 Å². The maximum absolute atomic E-state index is 12.4. The highest BCUT2D eigenvalue weighted by Crippen LogP contribution is 2.17. The molecule has 55 heavy (non-hydrogen) atoms. The van der Waals surface area contributed by atoms with E-state index in [0.717, 1.165) is 57.8 Å². The van der Waals surface area contributed by atoms with Gasteiger partial charge in [0, 0.05) is 12.8 Å². The van der Waals surface area contributed by atoms with Gasteiger partial charge >= 0.3 is 5.97 Å². The molecule has 0 aromatic heterocycles. The van der Waals surface area contributed by atoms with Gasteiger partial charge in [0.15, 0.2) is 0 Å². The summed E-state index contributed by atoms with van der Waals surface area (Å²) in [6, 6.07) is -0.550. The lowest BCUT2D eigenvalue weighted by molar-refractivity contribution is -0.143. The lowest BCUT2D eigenvalue weighted by Crippen LogP contribution is -2.45. The molecule has 0 aromatic rings. The highest BCUT2D eigenvalue weighted by Gasteiger charge is 2.20. The van der Waals surface area contributed by atoms with Gasteiger partial charge in [0.25, 0.3) is 0 Å². The molecule has 0 spiro atoms. The van der Waals surface area contributed by atoms with E-state index in [1.54, 1.807) is 0 Å². The third kappa shape index (κ3) is 42.3. The summed E-state index contributed by atoms with van der Waals surface area (Å²) in [5.41, 5.74) is 0. The number of rotatable bonds is 46. The van der Waals surface area contributed by atoms with Gasteiger partial charge in [-0.15, -0.1) is 0 Å². The van der Waals surface area contributed by atoms with E-state index in [1.165, 1.54) is 186 Å². The molecule has 0 radical (unpaired) electrons. The minimum Gasteiger partial charge on any atom is -0.466 e. The molecule has 328 valence electrons. The number of hydrogen-bond donors (Lipinski definition) is 3. The van der Waals surface area contributed by atoms with Crippen molar-refractivity contribution in [3.8, 4) is 0 Å². The van der Waals surface area contributed by atoms with E-state index in [-0.39, 0.29) is 18.5 Å². The van der Waals surface area contributed by atoms with E-state index in [0.29, 0.717) is 25.9 Å². The summed E-state index contributed by atoms with van der Waals surface area (Å²) in [6.45, 7) is 4.92. The highest BCUT2D eigenvalue weighted by atomic mass is 16.5. The number of amides is 1. The number of hydrogen-bond acceptors (Lipinski definition) is 5. The van der Waals surface area contributed by atoms with E-state index in [2.05, 4.69) is 19.2 Å². The number of carbonyl (C=O) groups is 2. The van der Waals surface area contributed by atoms with Crippen molar-refractivity contribution in [2.75, 3.05) is 13.2 Å². The summed E-state index contributed by atoms with van der Waals surface area (Å²) < 4.78 is 5.45. The van der Waals surface area contributed by atoms with Crippen molar-refractivity contribution in [1.82, 2.24) is 5.32 Å². The Balaban J connectivity index is 3.45. The van der Waals surface area contributed by atoms with Crippen LogP contribution in [0.3, 0.4) is 0 Å². The fraction of sp³-hybridized carbons (Fsp3) is 0.959. The molecule has 2 atom stereocenters. The number of unbranched alkanes of at least 4 members (excludes halogenated alkanes) is 35. The Morgan fingerprint density at radius 2 is 0.745 bits per heavy atom. The fourth-order valence-electron chi connectivity index (χ4n) is 7.82. The van der Waals surface area contributed by atoms with E-state index in [1.807, 2.05) is 0 Å². The predicted octanol–water partition coefficient (Wildman–Crippen LogP) is 14.4. The highest BCUT2D eigenvalue weighted by molar-refractivity contribution is 5.76. The van der Waals surface area contributed by atoms with E-state index >= 15 is 0 Å². The molecule has 0 fully saturated rings. The molecule has 2 unspecified atom stereocenters. The SMILES string of the molecule is CCCCCCCCCCCCCCCCC(O)C(CO)NC(=O)CCCCCCCCCCCCCCOC(=O)CCCCCCCCCCCCCC. The van der Waals surface area contributed by atoms with Crippen LogP contribution in [-0.2, 0) is 14.3 Å². The third-order valence-corrected chi connectivity index (χ3v) is 11.7. The molecule has 6 heteroatoms. The number of esters is 1. The van der Waals surface area contributed by atoms with Crippen molar-refractivity contribution in [3.05, 3.63) is 0 Å². The van der Waals surface area contributed by atoms with Gasteiger partial charge in [0.2, 0.25) is 5.91 Å². The number of ether oxygens (including phenoxy) is 1. The molecular weight excluding hydrogens is 683 g/mol. The first-order chi connectivity index (χ1) is 27.0. The Morgan fingerprint density at radius 3 is 1.11 bits per heavy atom. The van der Waals surface area contributed by atoms with Crippen molar-refractivity contribution < 1.29 is 24.5 Å². The van der Waals surface area contributed by atoms with Crippen LogP contribution in [0.2, 0.25) is 0 Å². The smallest absolute Gasteiger partial charge is 0.305 e. The van der Waals surface area contributed by atoms with Crippen molar-refractivity contribution in [1.29, 1.82) is 0 Å². The summed E-state index contributed by atoms with van der Waals surface area (Å²) in [6.07, 6.45) is 49.1. The second-order valence-corrected chi connectivity index (χ2v) is 17.2. The molecule has 1 amide bonds. The molecule has 0 bridgehead atoms. The molecule has 0 saturated carbocycles. The molecule has 0 aliphatic rings. The molecule has 3 N–H and O–H groups in total. The first kappa shape index (κ1) is 53.9. The van der Waals surface area contributed by atoms with Crippen LogP contribution in [0.15, 0.2) is 0 Å². The first-order valence-corrected chi connectivity index (χ1v) is 24.8. The monoisotopic (exact) mass is 780 g/mol. The van der Waals surface area contributed by atoms with Crippen molar-refractivity contribution in [2.45, 2.75) is 289 Å². The van der Waals surface area contributed by atoms with E-state index < -0.39 is 12.1 Å². The molecule has 0 aliphatic carbocycles. The van der Waals surface area contributed by atoms with Crippen LogP contribution in [0.5, 0.6) is 0 Å². The second kappa shape index (κ2) is 45.6. The van der Waals surface area contributed by atoms with Crippen LogP contribution in [0.4, 0.5) is 0 Å². The average Bonchev–Trinajstić information content (AvgIpc) is 3.18. The zero-order valence-electron chi connectivity index (χ0n) is 37.2. The van der Waals surface area contributed by atoms with Gasteiger partial charge in [-0.25, -0.2) is 0 Å². The maximum atomic E-state index is 12.4. The van der Waals surface area contributed by atoms with Gasteiger partial charge < -0.3 is 20.3 Å². The van der Waals surface area contributed by atoms with Gasteiger partial charge in [-0.3, -0.25) is 9.59 Å². The Labute approximate surface area is 343 Å². The summed E-state index contributed by atoms with van der Waals surface area (Å²) >= 11 is 0. The Kier molecular flexibility index (Phi) is 44.6. The van der Waals surface area contributed by atoms with Gasteiger partial charge in [-0.1, -0.05) is 239 Å². The van der Waals surface area contributed by atoms with Gasteiger partial charge in [-0.05, 0) is 25.7 Å². The van der Waals surface area contributed by atoms with Crippen LogP contribution >= 0.6 is 0 Å². The molecule has 0 heterocycles. The summed E-state index contributed by atoms with van der Waals surface area (Å²) in [7, 11) is 0. The van der Waals surface area contributed by atoms with Crippen molar-refractivity contribution in [2.24, 2.45) is 0 Å². The van der Waals surface area contributed by atoms with Crippen LogP contribution < -0.4 is 5.32 Å². The van der Waals surface area contributed by atoms with E-state index in [9.17, 15) is 19.8 Å². The summed E-state index contributed by atoms with van der Waals surface area (Å²) in [5, 5.41) is 23.2. The fourth-order valence-corrected chi connectivity index (χ4v) is 7.82. The maximum Gasteiger partial charge on any atom is 0.305 e. The van der Waals surface area contributed by atoms with Crippen LogP contribution in [0.1, 0.15) is 277 Å². The standard InChI is InChI=1S/C49H97NO5/c1-3-5-7-9-11-13-15-17-18-21-25-29-33-37-41-47(52)46(45-51)50-48(53)42-38-34-30-26-22-19-20-24-28-32-36-40-44-55-49(54)43-39-35-31-27-23-16-14-12-10-8-6-4-2/h46-47,51-52H,3-45H2,1-2H3,(H,50,53). The van der Waals surface area contributed by atoms with Gasteiger partial charge in [0.1, 0.15) is 0 Å². The predicted molar refractivity (Wildman–Crippen MR) is 237 cm³/mol. The molecule has 6 nitrogen and oxygen atoms in total. The molecule has 0 aliphatic heterocycles. The minimum absolute atomic E-state index is 0.00809. The third-order valence-electron chi connectivity index (χ3n) is 11.7. The Morgan fingerprint density at radius 1 is 0.436 bits per heavy atom. The number of carbonyl (C=O) groups excluding carboxylic acids is 2. The van der Waals surface area contributed by atoms with Crippen LogP contribution in [0, 0.1) is 0 Å². The number of aliphatic hydroxyl groups is 2. The van der Waals surface area contributed by atoms with Crippen molar-refractivity contribution >= 4 is 11.9 Å². The first-order valence-electron chi connectivity index (χ1n) is 24.8. The molecule has 0 saturated heterocycles. The molecular formula is C49H97NO5. The quantitative estimate of drug-likeness (QED) is 0.0422. The average molecular weight is 780 g/mol. The normalized spacial score (nSPS) is 12.6. The zero-order chi connectivity index (χ0) is 40.1. The molecule has 0 rings (SSSR count). The van der Waals surface area contributed by atoms with Gasteiger partial charge in [0.05, 0.1) is 25.4 Å². The van der Waals surface area contributed by atoms with Gasteiger partial charge in [-0.2, -0.15) is 0 Å². The van der Waals surface area contributed by atoms with Crippen LogP contribution in [-0.4, -0.2) is 47.4 Å². The summed E-state index contributed by atoms with van der Waals surface area (Å²) in [5.74, 6) is -0.0571. The van der Waals surface area contributed by atoms with E-state index in [4.69, 9.17) is 4.74 Å². The summed E-state index contributed by atoms with van der Waals surface area (Å²) in [4.78, 5) is 24.4. The lowest BCUT2D eigenvalue weighted by Gasteiger charge is -2.22. The Bertz CT molecular complexity index is 776. The van der Waals surface area contributed by atoms with Crippen LogP contribution in [0.25, 0.3) is 0 Å².